The summed E-state index contributed by atoms with van der Waals surface area (Å²) in [5.41, 5.74) is 0.976. The monoisotopic (exact) mass is 334 g/mol. The fourth-order valence-corrected chi connectivity index (χ4v) is 2.94. The van der Waals surface area contributed by atoms with E-state index < -0.39 is 0 Å². The number of nitrogens with one attached hydrogen (secondary N) is 3. The summed E-state index contributed by atoms with van der Waals surface area (Å²) in [5.74, 6) is 1.13. The first-order valence-electron chi connectivity index (χ1n) is 8.63. The van der Waals surface area contributed by atoms with Crippen LogP contribution in [0.1, 0.15) is 37.7 Å². The number of carbonyl (C=O) groups is 1. The molecule has 1 saturated carbocycles. The first kappa shape index (κ1) is 18.2. The lowest BCUT2D eigenvalue weighted by atomic mass is 10.0. The molecule has 0 aromatic heterocycles. The maximum absolute atomic E-state index is 12.9. The number of amides is 1. The minimum Gasteiger partial charge on any atom is -0.355 e. The van der Waals surface area contributed by atoms with Crippen molar-refractivity contribution in [1.29, 1.82) is 0 Å². The molecular weight excluding hydrogens is 307 g/mol. The van der Waals surface area contributed by atoms with Crippen molar-refractivity contribution in [3.8, 4) is 0 Å². The van der Waals surface area contributed by atoms with E-state index in [4.69, 9.17) is 0 Å². The van der Waals surface area contributed by atoms with Crippen molar-refractivity contribution in [2.45, 2.75) is 38.6 Å². The number of aliphatic imine (C=N–C) groups is 1. The molecular formula is C18H27FN4O. The molecule has 132 valence electrons. The zero-order valence-corrected chi connectivity index (χ0v) is 14.3. The van der Waals surface area contributed by atoms with Gasteiger partial charge in [-0.3, -0.25) is 9.79 Å². The molecule has 0 spiro atoms. The molecule has 3 N–H and O–H groups in total. The fraction of sp³-hybridized carbons (Fsp3) is 0.556. The number of halogens is 1. The minimum absolute atomic E-state index is 0.137. The maximum Gasteiger partial charge on any atom is 0.220 e. The van der Waals surface area contributed by atoms with Gasteiger partial charge in [0.05, 0.1) is 0 Å². The predicted molar refractivity (Wildman–Crippen MR) is 94.2 cm³/mol. The first-order valence-corrected chi connectivity index (χ1v) is 8.63. The molecule has 1 aliphatic rings. The third-order valence-electron chi connectivity index (χ3n) is 4.29. The summed E-state index contributed by atoms with van der Waals surface area (Å²) in [6.07, 6.45) is 5.54. The van der Waals surface area contributed by atoms with Crippen LogP contribution >= 0.6 is 0 Å². The van der Waals surface area contributed by atoms with Crippen LogP contribution in [-0.2, 0) is 11.3 Å². The SMILES string of the molecule is CN=C(NCCNC(=O)CC1CCCC1)NCc1ccc(F)cc1. The Morgan fingerprint density at radius 1 is 1.12 bits per heavy atom. The molecule has 2 rings (SSSR count). The van der Waals surface area contributed by atoms with Crippen molar-refractivity contribution in [2.75, 3.05) is 20.1 Å². The molecule has 24 heavy (non-hydrogen) atoms. The lowest BCUT2D eigenvalue weighted by Crippen LogP contribution is -2.41. The van der Waals surface area contributed by atoms with Crippen LogP contribution in [0.15, 0.2) is 29.3 Å². The minimum atomic E-state index is -0.241. The second kappa shape index (κ2) is 9.90. The van der Waals surface area contributed by atoms with Gasteiger partial charge in [-0.05, 0) is 36.5 Å². The van der Waals surface area contributed by atoms with Crippen LogP contribution in [0, 0.1) is 11.7 Å². The van der Waals surface area contributed by atoms with E-state index in [1.807, 2.05) is 0 Å². The highest BCUT2D eigenvalue weighted by atomic mass is 19.1. The predicted octanol–water partition coefficient (Wildman–Crippen LogP) is 2.19. The zero-order valence-electron chi connectivity index (χ0n) is 14.3. The number of carbonyl (C=O) groups excluding carboxylic acids is 1. The van der Waals surface area contributed by atoms with E-state index in [9.17, 15) is 9.18 Å². The summed E-state index contributed by atoms with van der Waals surface area (Å²) in [6, 6.07) is 6.35. The van der Waals surface area contributed by atoms with Crippen molar-refractivity contribution >= 4 is 11.9 Å². The maximum atomic E-state index is 12.9. The van der Waals surface area contributed by atoms with E-state index in [0.29, 0.717) is 37.9 Å². The number of benzene rings is 1. The first-order chi connectivity index (χ1) is 11.7. The van der Waals surface area contributed by atoms with Gasteiger partial charge in [-0.1, -0.05) is 25.0 Å². The van der Waals surface area contributed by atoms with Crippen LogP contribution < -0.4 is 16.0 Å². The summed E-state index contributed by atoms with van der Waals surface area (Å²) in [5, 5.41) is 9.25. The largest absolute Gasteiger partial charge is 0.355 e. The van der Waals surface area contributed by atoms with Crippen LogP contribution in [0.4, 0.5) is 4.39 Å². The number of guanidine groups is 1. The molecule has 1 fully saturated rings. The Labute approximate surface area is 143 Å². The van der Waals surface area contributed by atoms with Gasteiger partial charge in [0.25, 0.3) is 0 Å². The summed E-state index contributed by atoms with van der Waals surface area (Å²) in [4.78, 5) is 16.0. The molecule has 0 unspecified atom stereocenters. The van der Waals surface area contributed by atoms with Gasteiger partial charge >= 0.3 is 0 Å². The quantitative estimate of drug-likeness (QED) is 0.407. The fourth-order valence-electron chi connectivity index (χ4n) is 2.94. The summed E-state index contributed by atoms with van der Waals surface area (Å²) < 4.78 is 12.9. The average molecular weight is 334 g/mol. The van der Waals surface area contributed by atoms with Crippen molar-refractivity contribution in [1.82, 2.24) is 16.0 Å². The normalized spacial score (nSPS) is 15.3. The third kappa shape index (κ3) is 6.56. The summed E-state index contributed by atoms with van der Waals surface area (Å²) in [7, 11) is 1.69. The standard InChI is InChI=1S/C18H27FN4O/c1-20-18(23-13-15-6-8-16(19)9-7-15)22-11-10-21-17(24)12-14-4-2-3-5-14/h6-9,14H,2-5,10-13H2,1H3,(H,21,24)(H2,20,22,23). The second-order valence-corrected chi connectivity index (χ2v) is 6.18. The number of rotatable bonds is 7. The Hall–Kier alpha value is -2.11. The second-order valence-electron chi connectivity index (χ2n) is 6.18. The average Bonchev–Trinajstić information content (AvgIpc) is 3.08. The molecule has 0 heterocycles. The molecule has 1 amide bonds. The molecule has 6 heteroatoms. The lowest BCUT2D eigenvalue weighted by Gasteiger charge is -2.13. The van der Waals surface area contributed by atoms with E-state index in [2.05, 4.69) is 20.9 Å². The van der Waals surface area contributed by atoms with Crippen LogP contribution in [0.5, 0.6) is 0 Å². The molecule has 0 aliphatic heterocycles. The van der Waals surface area contributed by atoms with Crippen molar-refractivity contribution in [3.05, 3.63) is 35.6 Å². The number of hydrogen-bond acceptors (Lipinski definition) is 2. The van der Waals surface area contributed by atoms with Crippen LogP contribution in [0.25, 0.3) is 0 Å². The Morgan fingerprint density at radius 2 is 1.79 bits per heavy atom. The zero-order chi connectivity index (χ0) is 17.2. The van der Waals surface area contributed by atoms with E-state index >= 15 is 0 Å². The molecule has 1 aromatic carbocycles. The van der Waals surface area contributed by atoms with Crippen LogP contribution in [-0.4, -0.2) is 32.0 Å². The van der Waals surface area contributed by atoms with Gasteiger partial charge in [0.1, 0.15) is 5.82 Å². The molecule has 1 aromatic rings. The van der Waals surface area contributed by atoms with Gasteiger partial charge in [0, 0.05) is 33.1 Å². The van der Waals surface area contributed by atoms with Crippen LogP contribution in [0.2, 0.25) is 0 Å². The summed E-state index contributed by atoms with van der Waals surface area (Å²) in [6.45, 7) is 1.75. The van der Waals surface area contributed by atoms with Crippen molar-refractivity contribution in [3.63, 3.8) is 0 Å². The highest BCUT2D eigenvalue weighted by Gasteiger charge is 2.17. The summed E-state index contributed by atoms with van der Waals surface area (Å²) >= 11 is 0. The topological polar surface area (TPSA) is 65.5 Å². The highest BCUT2D eigenvalue weighted by molar-refractivity contribution is 5.80. The van der Waals surface area contributed by atoms with Crippen molar-refractivity contribution in [2.24, 2.45) is 10.9 Å². The van der Waals surface area contributed by atoms with E-state index in [1.54, 1.807) is 19.2 Å². The van der Waals surface area contributed by atoms with Crippen molar-refractivity contribution < 1.29 is 9.18 Å². The van der Waals surface area contributed by atoms with Gasteiger partial charge in [0.15, 0.2) is 5.96 Å². The van der Waals surface area contributed by atoms with Gasteiger partial charge in [-0.15, -0.1) is 0 Å². The Kier molecular flexibility index (Phi) is 7.52. The molecule has 0 saturated heterocycles. The number of hydrogen-bond donors (Lipinski definition) is 3. The number of nitrogens with zero attached hydrogens (tertiary/aromatic N) is 1. The molecule has 1 aliphatic carbocycles. The molecule has 5 nitrogen and oxygen atoms in total. The Morgan fingerprint density at radius 3 is 2.46 bits per heavy atom. The van der Waals surface area contributed by atoms with Gasteiger partial charge in [0.2, 0.25) is 5.91 Å². The molecule has 0 bridgehead atoms. The Bertz CT molecular complexity index is 538. The third-order valence-corrected chi connectivity index (χ3v) is 4.29. The molecule has 0 atom stereocenters. The molecule has 0 radical (unpaired) electrons. The van der Waals surface area contributed by atoms with E-state index in [0.717, 1.165) is 5.56 Å². The smallest absolute Gasteiger partial charge is 0.220 e. The van der Waals surface area contributed by atoms with Gasteiger partial charge < -0.3 is 16.0 Å². The van der Waals surface area contributed by atoms with E-state index in [1.165, 1.54) is 37.8 Å². The lowest BCUT2D eigenvalue weighted by molar-refractivity contribution is -0.121. The van der Waals surface area contributed by atoms with Crippen LogP contribution in [0.3, 0.4) is 0 Å². The van der Waals surface area contributed by atoms with Gasteiger partial charge in [-0.2, -0.15) is 0 Å². The van der Waals surface area contributed by atoms with E-state index in [-0.39, 0.29) is 11.7 Å². The van der Waals surface area contributed by atoms with Gasteiger partial charge in [-0.25, -0.2) is 4.39 Å². The highest BCUT2D eigenvalue weighted by Crippen LogP contribution is 2.27. The Balaban J connectivity index is 1.59.